The van der Waals surface area contributed by atoms with E-state index in [1.165, 1.54) is 12.8 Å². The molecule has 0 spiro atoms. The van der Waals surface area contributed by atoms with Crippen molar-refractivity contribution in [2.45, 2.75) is 18.9 Å². The van der Waals surface area contributed by atoms with Crippen LogP contribution in [0.3, 0.4) is 0 Å². The number of nitrogens with one attached hydrogen (secondary N) is 1. The van der Waals surface area contributed by atoms with E-state index >= 15 is 0 Å². The zero-order valence-corrected chi connectivity index (χ0v) is 17.3. The number of methoxy groups -OCH3 is 1. The van der Waals surface area contributed by atoms with E-state index in [1.54, 1.807) is 7.11 Å². The van der Waals surface area contributed by atoms with Gasteiger partial charge in [0.2, 0.25) is 0 Å². The fraction of sp³-hybridized carbons (Fsp3) is 0.320. The van der Waals surface area contributed by atoms with Crippen LogP contribution in [0.2, 0.25) is 0 Å². The summed E-state index contributed by atoms with van der Waals surface area (Å²) in [4.78, 5) is 15.0. The number of carbonyl (C=O) groups excluding carboxylic acids is 1. The number of ether oxygens (including phenoxy) is 2. The topological polar surface area (TPSA) is 50.8 Å². The molecular weight excluding hydrogens is 376 g/mol. The second kappa shape index (κ2) is 9.63. The predicted octanol–water partition coefficient (Wildman–Crippen LogP) is 4.18. The molecule has 1 heterocycles. The monoisotopic (exact) mass is 404 g/mol. The van der Waals surface area contributed by atoms with Gasteiger partial charge in [0.1, 0.15) is 11.5 Å². The third-order valence-corrected chi connectivity index (χ3v) is 5.68. The minimum atomic E-state index is -0.123. The summed E-state index contributed by atoms with van der Waals surface area (Å²) in [6.07, 6.45) is 2.37. The summed E-state index contributed by atoms with van der Waals surface area (Å²) in [5.41, 5.74) is 1.11. The van der Waals surface area contributed by atoms with E-state index < -0.39 is 0 Å². The summed E-state index contributed by atoms with van der Waals surface area (Å²) in [7, 11) is 1.69. The van der Waals surface area contributed by atoms with Gasteiger partial charge in [0.25, 0.3) is 5.91 Å². The summed E-state index contributed by atoms with van der Waals surface area (Å²) in [6.45, 7) is 2.58. The van der Waals surface area contributed by atoms with E-state index in [-0.39, 0.29) is 18.6 Å². The highest BCUT2D eigenvalue weighted by molar-refractivity contribution is 5.88. The minimum absolute atomic E-state index is 0.00729. The van der Waals surface area contributed by atoms with Gasteiger partial charge in [-0.15, -0.1) is 0 Å². The quantitative estimate of drug-likeness (QED) is 0.612. The zero-order chi connectivity index (χ0) is 20.8. The number of amides is 1. The number of nitrogens with zero attached hydrogens (tertiary/aromatic N) is 1. The zero-order valence-electron chi connectivity index (χ0n) is 17.3. The van der Waals surface area contributed by atoms with E-state index in [0.29, 0.717) is 6.54 Å². The molecule has 1 amide bonds. The van der Waals surface area contributed by atoms with Gasteiger partial charge in [-0.25, -0.2) is 0 Å². The number of likely N-dealkylation sites (tertiary alicyclic amines) is 1. The lowest BCUT2D eigenvalue weighted by Gasteiger charge is -2.29. The molecule has 0 aliphatic carbocycles. The smallest absolute Gasteiger partial charge is 0.258 e. The Bertz CT molecular complexity index is 993. The Balaban J connectivity index is 1.41. The normalized spacial score (nSPS) is 15.1. The molecule has 156 valence electrons. The largest absolute Gasteiger partial charge is 0.496 e. The molecule has 1 N–H and O–H groups in total. The van der Waals surface area contributed by atoms with Gasteiger partial charge >= 0.3 is 0 Å². The molecule has 0 radical (unpaired) electrons. The first-order valence-electron chi connectivity index (χ1n) is 10.5. The highest BCUT2D eigenvalue weighted by Crippen LogP contribution is 2.31. The standard InChI is InChI=1S/C25H28N2O3/c1-29-23-13-5-4-12-21(23)22(27-15-6-7-16-27)17-26-25(28)18-30-24-14-8-10-19-9-2-3-11-20(19)24/h2-5,8-14,22H,6-7,15-18H2,1H3,(H,26,28). The van der Waals surface area contributed by atoms with Crippen LogP contribution in [0.4, 0.5) is 0 Å². The first-order valence-corrected chi connectivity index (χ1v) is 10.5. The number of rotatable bonds is 8. The fourth-order valence-corrected chi connectivity index (χ4v) is 4.16. The molecule has 1 fully saturated rings. The SMILES string of the molecule is COc1ccccc1C(CNC(=O)COc1cccc2ccccc12)N1CCCC1. The van der Waals surface area contributed by atoms with Crippen LogP contribution in [0.5, 0.6) is 11.5 Å². The van der Waals surface area contributed by atoms with Gasteiger partial charge in [0.05, 0.1) is 13.2 Å². The minimum Gasteiger partial charge on any atom is -0.496 e. The summed E-state index contributed by atoms with van der Waals surface area (Å²) in [5, 5.41) is 5.18. The molecule has 3 aromatic rings. The van der Waals surface area contributed by atoms with Crippen molar-refractivity contribution in [2.24, 2.45) is 0 Å². The second-order valence-electron chi connectivity index (χ2n) is 7.57. The summed E-state index contributed by atoms with van der Waals surface area (Å²) >= 11 is 0. The van der Waals surface area contributed by atoms with Crippen molar-refractivity contribution in [3.63, 3.8) is 0 Å². The molecule has 0 saturated carbocycles. The highest BCUT2D eigenvalue weighted by Gasteiger charge is 2.26. The summed E-state index contributed by atoms with van der Waals surface area (Å²) < 4.78 is 11.4. The van der Waals surface area contributed by atoms with Gasteiger partial charge in [0, 0.05) is 17.5 Å². The number of carbonyl (C=O) groups is 1. The lowest BCUT2D eigenvalue weighted by Crippen LogP contribution is -2.38. The van der Waals surface area contributed by atoms with Crippen molar-refractivity contribution in [3.05, 3.63) is 72.3 Å². The Kier molecular flexibility index (Phi) is 6.50. The summed E-state index contributed by atoms with van der Waals surface area (Å²) in [5.74, 6) is 1.46. The Morgan fingerprint density at radius 1 is 0.967 bits per heavy atom. The van der Waals surface area contributed by atoms with Crippen LogP contribution in [0.25, 0.3) is 10.8 Å². The van der Waals surface area contributed by atoms with E-state index in [9.17, 15) is 4.79 Å². The van der Waals surface area contributed by atoms with Gasteiger partial charge < -0.3 is 14.8 Å². The molecule has 1 unspecified atom stereocenters. The first-order chi connectivity index (χ1) is 14.8. The van der Waals surface area contributed by atoms with Crippen molar-refractivity contribution in [2.75, 3.05) is 33.4 Å². The van der Waals surface area contributed by atoms with E-state index in [2.05, 4.69) is 16.3 Å². The highest BCUT2D eigenvalue weighted by atomic mass is 16.5. The van der Waals surface area contributed by atoms with E-state index in [0.717, 1.165) is 40.9 Å². The van der Waals surface area contributed by atoms with Crippen LogP contribution in [0, 0.1) is 0 Å². The Morgan fingerprint density at radius 2 is 1.67 bits per heavy atom. The fourth-order valence-electron chi connectivity index (χ4n) is 4.16. The van der Waals surface area contributed by atoms with Crippen molar-refractivity contribution in [3.8, 4) is 11.5 Å². The van der Waals surface area contributed by atoms with Crippen molar-refractivity contribution in [1.29, 1.82) is 0 Å². The molecule has 1 aliphatic rings. The number of benzene rings is 3. The van der Waals surface area contributed by atoms with Crippen LogP contribution in [-0.4, -0.2) is 44.2 Å². The maximum atomic E-state index is 12.6. The van der Waals surface area contributed by atoms with Gasteiger partial charge in [-0.1, -0.05) is 54.6 Å². The van der Waals surface area contributed by atoms with Crippen molar-refractivity contribution >= 4 is 16.7 Å². The van der Waals surface area contributed by atoms with Crippen LogP contribution in [0.1, 0.15) is 24.4 Å². The maximum Gasteiger partial charge on any atom is 0.258 e. The lowest BCUT2D eigenvalue weighted by molar-refractivity contribution is -0.123. The molecule has 30 heavy (non-hydrogen) atoms. The molecule has 1 atom stereocenters. The molecule has 0 bridgehead atoms. The Morgan fingerprint density at radius 3 is 2.50 bits per heavy atom. The molecule has 5 heteroatoms. The third kappa shape index (κ3) is 4.57. The predicted molar refractivity (Wildman–Crippen MR) is 119 cm³/mol. The van der Waals surface area contributed by atoms with E-state index in [1.807, 2.05) is 60.7 Å². The van der Waals surface area contributed by atoms with Crippen LogP contribution in [0.15, 0.2) is 66.7 Å². The van der Waals surface area contributed by atoms with Crippen molar-refractivity contribution in [1.82, 2.24) is 10.2 Å². The van der Waals surface area contributed by atoms with Crippen molar-refractivity contribution < 1.29 is 14.3 Å². The van der Waals surface area contributed by atoms with Crippen LogP contribution >= 0.6 is 0 Å². The maximum absolute atomic E-state index is 12.6. The second-order valence-corrected chi connectivity index (χ2v) is 7.57. The third-order valence-electron chi connectivity index (χ3n) is 5.68. The number of hydrogen-bond donors (Lipinski definition) is 1. The molecule has 1 aliphatic heterocycles. The van der Waals surface area contributed by atoms with Gasteiger partial charge in [-0.3, -0.25) is 9.69 Å². The summed E-state index contributed by atoms with van der Waals surface area (Å²) in [6, 6.07) is 22.0. The van der Waals surface area contributed by atoms with E-state index in [4.69, 9.17) is 9.47 Å². The van der Waals surface area contributed by atoms with Gasteiger partial charge in [-0.2, -0.15) is 0 Å². The number of hydrogen-bond acceptors (Lipinski definition) is 4. The number of fused-ring (bicyclic) bond motifs is 1. The molecular formula is C25H28N2O3. The molecule has 3 aromatic carbocycles. The average Bonchev–Trinajstić information content (AvgIpc) is 3.32. The van der Waals surface area contributed by atoms with Gasteiger partial charge in [-0.05, 0) is 43.5 Å². The average molecular weight is 405 g/mol. The van der Waals surface area contributed by atoms with Crippen LogP contribution in [-0.2, 0) is 4.79 Å². The molecule has 5 nitrogen and oxygen atoms in total. The lowest BCUT2D eigenvalue weighted by atomic mass is 10.0. The van der Waals surface area contributed by atoms with Crippen LogP contribution < -0.4 is 14.8 Å². The Labute approximate surface area is 177 Å². The number of para-hydroxylation sites is 1. The van der Waals surface area contributed by atoms with Gasteiger partial charge in [0.15, 0.2) is 6.61 Å². The Hall–Kier alpha value is -3.05. The molecule has 0 aromatic heterocycles. The molecule has 4 rings (SSSR count). The molecule has 1 saturated heterocycles. The first kappa shape index (κ1) is 20.2.